The van der Waals surface area contributed by atoms with Gasteiger partial charge in [-0.2, -0.15) is 4.68 Å². The van der Waals surface area contributed by atoms with Crippen LogP contribution in [0.5, 0.6) is 0 Å². The Labute approximate surface area is 158 Å². The van der Waals surface area contributed by atoms with Crippen molar-refractivity contribution in [1.29, 1.82) is 0 Å². The molecule has 6 nitrogen and oxygen atoms in total. The molecule has 4 rings (SSSR count). The fraction of sp³-hybridized carbons (Fsp3) is 0.526. The van der Waals surface area contributed by atoms with Gasteiger partial charge in [-0.3, -0.25) is 4.90 Å². The first-order valence-electron chi connectivity index (χ1n) is 9.41. The van der Waals surface area contributed by atoms with Crippen molar-refractivity contribution in [3.8, 4) is 11.4 Å². The molecule has 0 bridgehead atoms. The molecule has 0 unspecified atom stereocenters. The molecular weight excluding hydrogens is 350 g/mol. The molecule has 138 valence electrons. The van der Waals surface area contributed by atoms with E-state index >= 15 is 0 Å². The number of carbonyl (C=O) groups is 1. The minimum atomic E-state index is -0.0963. The number of carbonyl (C=O) groups excluding carboxylic acids is 1. The zero-order valence-corrected chi connectivity index (χ0v) is 15.6. The fourth-order valence-corrected chi connectivity index (χ4v) is 4.08. The Morgan fingerprint density at radius 1 is 1.00 bits per heavy atom. The quantitative estimate of drug-likeness (QED) is 0.808. The summed E-state index contributed by atoms with van der Waals surface area (Å²) >= 11 is 5.91. The van der Waals surface area contributed by atoms with E-state index in [1.165, 1.54) is 43.1 Å². The van der Waals surface area contributed by atoms with Gasteiger partial charge in [-0.05, 0) is 37.1 Å². The lowest BCUT2D eigenvalue weighted by Crippen LogP contribution is -2.53. The van der Waals surface area contributed by atoms with E-state index in [-0.39, 0.29) is 6.03 Å². The maximum Gasteiger partial charge on any atom is 0.346 e. The summed E-state index contributed by atoms with van der Waals surface area (Å²) in [5.41, 5.74) is 0.850. The molecule has 1 aromatic carbocycles. The van der Waals surface area contributed by atoms with Crippen LogP contribution in [0.1, 0.15) is 32.1 Å². The molecule has 2 fully saturated rings. The molecule has 2 heterocycles. The van der Waals surface area contributed by atoms with E-state index in [1.807, 2.05) is 17.0 Å². The number of hydrogen-bond donors (Lipinski definition) is 0. The third kappa shape index (κ3) is 3.76. The van der Waals surface area contributed by atoms with Crippen molar-refractivity contribution in [3.05, 3.63) is 35.6 Å². The third-order valence-corrected chi connectivity index (χ3v) is 5.72. The van der Waals surface area contributed by atoms with Crippen LogP contribution < -0.4 is 0 Å². The summed E-state index contributed by atoms with van der Waals surface area (Å²) in [5, 5.41) is 5.02. The van der Waals surface area contributed by atoms with Gasteiger partial charge in [-0.15, -0.1) is 5.10 Å². The van der Waals surface area contributed by atoms with Gasteiger partial charge in [0.1, 0.15) is 6.33 Å². The molecule has 0 atom stereocenters. The fourth-order valence-electron chi connectivity index (χ4n) is 3.96. The van der Waals surface area contributed by atoms with Gasteiger partial charge in [-0.1, -0.05) is 30.9 Å². The van der Waals surface area contributed by atoms with Crippen LogP contribution in [-0.2, 0) is 0 Å². The van der Waals surface area contributed by atoms with Gasteiger partial charge in [0, 0.05) is 42.8 Å². The van der Waals surface area contributed by atoms with Gasteiger partial charge in [0.15, 0.2) is 5.82 Å². The third-order valence-electron chi connectivity index (χ3n) is 5.47. The van der Waals surface area contributed by atoms with Crippen LogP contribution in [-0.4, -0.2) is 62.8 Å². The lowest BCUT2D eigenvalue weighted by atomic mass is 9.94. The monoisotopic (exact) mass is 373 g/mol. The Hall–Kier alpha value is -1.92. The number of amides is 1. The second-order valence-electron chi connectivity index (χ2n) is 7.12. The summed E-state index contributed by atoms with van der Waals surface area (Å²) in [4.78, 5) is 21.4. The normalized spacial score (nSPS) is 19.7. The molecule has 0 spiro atoms. The highest BCUT2D eigenvalue weighted by Crippen LogP contribution is 2.23. The first-order chi connectivity index (χ1) is 12.7. The molecule has 2 aliphatic rings. The lowest BCUT2D eigenvalue weighted by molar-refractivity contribution is 0.0902. The topological polar surface area (TPSA) is 54.3 Å². The number of rotatable bonds is 2. The first kappa shape index (κ1) is 17.5. The average Bonchev–Trinajstić information content (AvgIpc) is 3.19. The van der Waals surface area contributed by atoms with Crippen LogP contribution in [0.4, 0.5) is 4.79 Å². The van der Waals surface area contributed by atoms with Crippen molar-refractivity contribution in [2.45, 2.75) is 38.1 Å². The molecule has 0 N–H and O–H groups in total. The van der Waals surface area contributed by atoms with E-state index in [0.29, 0.717) is 16.9 Å². The molecule has 1 aromatic heterocycles. The van der Waals surface area contributed by atoms with Crippen LogP contribution in [0.3, 0.4) is 0 Å². The number of nitrogens with zero attached hydrogens (tertiary/aromatic N) is 5. The summed E-state index contributed by atoms with van der Waals surface area (Å²) in [6, 6.07) is 7.92. The Morgan fingerprint density at radius 2 is 1.69 bits per heavy atom. The van der Waals surface area contributed by atoms with Gasteiger partial charge in [0.05, 0.1) is 0 Å². The number of piperazine rings is 1. The lowest BCUT2D eigenvalue weighted by Gasteiger charge is -2.40. The number of benzene rings is 1. The Kier molecular flexibility index (Phi) is 5.22. The highest BCUT2D eigenvalue weighted by Gasteiger charge is 2.28. The molecule has 0 radical (unpaired) electrons. The summed E-state index contributed by atoms with van der Waals surface area (Å²) in [5.74, 6) is 0.538. The van der Waals surface area contributed by atoms with E-state index in [4.69, 9.17) is 11.6 Å². The van der Waals surface area contributed by atoms with Crippen molar-refractivity contribution in [1.82, 2.24) is 24.6 Å². The second kappa shape index (κ2) is 7.76. The van der Waals surface area contributed by atoms with Gasteiger partial charge in [0.2, 0.25) is 0 Å². The SMILES string of the molecule is O=C(N1CCN(C2CCCCC2)CC1)n1cnc(-c2ccc(Cl)cc2)n1. The number of hydrogen-bond acceptors (Lipinski definition) is 4. The molecule has 1 saturated carbocycles. The van der Waals surface area contributed by atoms with Crippen LogP contribution in [0.25, 0.3) is 11.4 Å². The van der Waals surface area contributed by atoms with E-state index < -0.39 is 0 Å². The van der Waals surface area contributed by atoms with Crippen molar-refractivity contribution < 1.29 is 4.79 Å². The van der Waals surface area contributed by atoms with Gasteiger partial charge >= 0.3 is 6.03 Å². The summed E-state index contributed by atoms with van der Waals surface area (Å²) in [7, 11) is 0. The van der Waals surface area contributed by atoms with E-state index in [9.17, 15) is 4.79 Å². The van der Waals surface area contributed by atoms with E-state index in [2.05, 4.69) is 15.0 Å². The highest BCUT2D eigenvalue weighted by molar-refractivity contribution is 6.30. The highest BCUT2D eigenvalue weighted by atomic mass is 35.5. The molecule has 1 aliphatic carbocycles. The maximum absolute atomic E-state index is 12.7. The molecule has 1 aliphatic heterocycles. The van der Waals surface area contributed by atoms with Crippen molar-refractivity contribution in [3.63, 3.8) is 0 Å². The predicted octanol–water partition coefficient (Wildman–Crippen LogP) is 3.52. The van der Waals surface area contributed by atoms with Gasteiger partial charge in [-0.25, -0.2) is 9.78 Å². The Morgan fingerprint density at radius 3 is 2.38 bits per heavy atom. The first-order valence-corrected chi connectivity index (χ1v) is 9.79. The Balaban J connectivity index is 1.37. The second-order valence-corrected chi connectivity index (χ2v) is 7.55. The van der Waals surface area contributed by atoms with Crippen LogP contribution in [0.15, 0.2) is 30.6 Å². The van der Waals surface area contributed by atoms with Gasteiger partial charge < -0.3 is 4.90 Å². The van der Waals surface area contributed by atoms with E-state index in [1.54, 1.807) is 12.1 Å². The van der Waals surface area contributed by atoms with Crippen molar-refractivity contribution in [2.75, 3.05) is 26.2 Å². The summed E-state index contributed by atoms with van der Waals surface area (Å²) < 4.78 is 1.35. The van der Waals surface area contributed by atoms with Crippen molar-refractivity contribution >= 4 is 17.6 Å². The zero-order valence-electron chi connectivity index (χ0n) is 14.9. The molecule has 7 heteroatoms. The molecule has 26 heavy (non-hydrogen) atoms. The van der Waals surface area contributed by atoms with Crippen LogP contribution >= 0.6 is 11.6 Å². The maximum atomic E-state index is 12.7. The summed E-state index contributed by atoms with van der Waals surface area (Å²) in [6.07, 6.45) is 8.17. The Bertz CT molecular complexity index is 746. The minimum absolute atomic E-state index is 0.0963. The van der Waals surface area contributed by atoms with Crippen molar-refractivity contribution in [2.24, 2.45) is 0 Å². The van der Waals surface area contributed by atoms with E-state index in [0.717, 1.165) is 31.7 Å². The molecular formula is C19H24ClN5O. The number of aromatic nitrogens is 3. The van der Waals surface area contributed by atoms with Gasteiger partial charge in [0.25, 0.3) is 0 Å². The molecule has 1 saturated heterocycles. The zero-order chi connectivity index (χ0) is 17.9. The predicted molar refractivity (Wildman–Crippen MR) is 101 cm³/mol. The summed E-state index contributed by atoms with van der Waals surface area (Å²) in [6.45, 7) is 3.42. The van der Waals surface area contributed by atoms with Crippen LogP contribution in [0.2, 0.25) is 5.02 Å². The molecule has 1 amide bonds. The standard InChI is InChI=1S/C19H24ClN5O/c20-16-8-6-15(7-9-16)18-21-14-25(22-18)19(26)24-12-10-23(11-13-24)17-4-2-1-3-5-17/h6-9,14,17H,1-5,10-13H2. The largest absolute Gasteiger partial charge is 0.346 e. The minimum Gasteiger partial charge on any atom is -0.320 e. The average molecular weight is 374 g/mol. The molecule has 2 aromatic rings. The van der Waals surface area contributed by atoms with Crippen LogP contribution in [0, 0.1) is 0 Å². The smallest absolute Gasteiger partial charge is 0.320 e. The number of halogens is 1.